The molecule has 0 aliphatic heterocycles. The molecule has 0 spiro atoms. The lowest BCUT2D eigenvalue weighted by Crippen LogP contribution is -2.55. The number of carbonyl (C=O) groups is 3. The average Bonchev–Trinajstić information content (AvgIpc) is 2.98. The molecule has 0 aromatic heterocycles. The zero-order valence-electron chi connectivity index (χ0n) is 32.1. The van der Waals surface area contributed by atoms with Crippen LogP contribution >= 0.6 is 0 Å². The van der Waals surface area contributed by atoms with Gasteiger partial charge in [-0.25, -0.2) is 0 Å². The van der Waals surface area contributed by atoms with Crippen LogP contribution in [0.5, 0.6) is 0 Å². The van der Waals surface area contributed by atoms with Gasteiger partial charge < -0.3 is 5.32 Å². The molecule has 5 heteroatoms. The molecule has 3 rings (SSSR count). The van der Waals surface area contributed by atoms with Gasteiger partial charge in [-0.3, -0.25) is 14.4 Å². The van der Waals surface area contributed by atoms with Crippen LogP contribution in [-0.2, 0) is 14.4 Å². The predicted octanol–water partition coefficient (Wildman–Crippen LogP) is 10.6. The van der Waals surface area contributed by atoms with Crippen molar-refractivity contribution in [1.82, 2.24) is 5.32 Å². The number of Topliss-reactive ketones (excluding diaryl/α,β-unsaturated/α-hetero) is 1. The zero-order valence-corrected chi connectivity index (χ0v) is 32.1. The van der Waals surface area contributed by atoms with E-state index >= 15 is 0 Å². The summed E-state index contributed by atoms with van der Waals surface area (Å²) in [6, 6.07) is 2.54. The first kappa shape index (κ1) is 39.2. The van der Waals surface area contributed by atoms with Gasteiger partial charge in [0, 0.05) is 23.3 Å². The highest BCUT2D eigenvalue weighted by molar-refractivity contribution is 6.04. The van der Waals surface area contributed by atoms with Crippen LogP contribution in [0.25, 0.3) is 0 Å². The monoisotopic (exact) mass is 649 g/mol. The Kier molecular flexibility index (Phi) is 12.3. The van der Waals surface area contributed by atoms with Crippen LogP contribution < -0.4 is 5.32 Å². The molecular formula is C42H68N2O3. The van der Waals surface area contributed by atoms with E-state index in [1.165, 1.54) is 32.1 Å². The summed E-state index contributed by atoms with van der Waals surface area (Å²) in [5, 5.41) is 13.4. The minimum absolute atomic E-state index is 0.0116. The van der Waals surface area contributed by atoms with Gasteiger partial charge in [-0.1, -0.05) is 107 Å². The molecule has 0 aromatic carbocycles. The zero-order chi connectivity index (χ0) is 35.5. The maximum atomic E-state index is 13.4. The molecule has 0 aromatic rings. The quantitative estimate of drug-likeness (QED) is 0.190. The predicted molar refractivity (Wildman–Crippen MR) is 193 cm³/mol. The van der Waals surface area contributed by atoms with E-state index in [-0.39, 0.29) is 50.6 Å². The number of amides is 1. The second-order valence-electron chi connectivity index (χ2n) is 18.6. The molecule has 1 N–H and O–H groups in total. The van der Waals surface area contributed by atoms with Gasteiger partial charge in [0.1, 0.15) is 6.07 Å². The van der Waals surface area contributed by atoms with Crippen molar-refractivity contribution in [1.29, 1.82) is 5.26 Å². The summed E-state index contributed by atoms with van der Waals surface area (Å²) >= 11 is 0. The molecule has 47 heavy (non-hydrogen) atoms. The summed E-state index contributed by atoms with van der Waals surface area (Å²) in [6.07, 6.45) is 19.4. The lowest BCUT2D eigenvalue weighted by molar-refractivity contribution is -0.131. The molecule has 0 heterocycles. The Bertz CT molecular complexity index is 1270. The molecule has 2 fully saturated rings. The van der Waals surface area contributed by atoms with Crippen LogP contribution in [0.2, 0.25) is 0 Å². The summed E-state index contributed by atoms with van der Waals surface area (Å²) in [5.41, 5.74) is -0.148. The van der Waals surface area contributed by atoms with Crippen LogP contribution in [0.4, 0.5) is 0 Å². The number of nitrogens with one attached hydrogen (secondary N) is 1. The second-order valence-corrected chi connectivity index (χ2v) is 18.6. The number of hydrogen-bond donors (Lipinski definition) is 1. The fraction of sp³-hybridized carbons (Fsp3) is 0.810. The third-order valence-corrected chi connectivity index (χ3v) is 13.6. The molecule has 0 radical (unpaired) electrons. The number of allylic oxidation sites excluding steroid dienone is 4. The van der Waals surface area contributed by atoms with Crippen LogP contribution in [0.15, 0.2) is 23.3 Å². The SMILES string of the molecule is CCCC(C)(C)CC[C@](C)(CCC(=O)NC1CCCCC1)CCC(C)(C)[C@]1(C)CC[C@H]2C(C)(C)C(=O)C(C#N)=C[C@]2(C)/C1=C/C(C)=O. The molecule has 1 amide bonds. The van der Waals surface area contributed by atoms with Crippen LogP contribution in [0.3, 0.4) is 0 Å². The number of nitriles is 1. The van der Waals surface area contributed by atoms with Crippen molar-refractivity contribution in [2.45, 2.75) is 179 Å². The van der Waals surface area contributed by atoms with Gasteiger partial charge in [0.2, 0.25) is 5.91 Å². The molecule has 3 aliphatic rings. The van der Waals surface area contributed by atoms with Gasteiger partial charge in [0.05, 0.1) is 5.57 Å². The number of ketones is 2. The smallest absolute Gasteiger partial charge is 0.220 e. The van der Waals surface area contributed by atoms with Gasteiger partial charge in [0.15, 0.2) is 11.6 Å². The maximum absolute atomic E-state index is 13.4. The van der Waals surface area contributed by atoms with Crippen molar-refractivity contribution >= 4 is 17.5 Å². The molecule has 3 aliphatic carbocycles. The molecule has 0 bridgehead atoms. The molecule has 5 nitrogen and oxygen atoms in total. The van der Waals surface area contributed by atoms with E-state index < -0.39 is 10.8 Å². The third-order valence-electron chi connectivity index (χ3n) is 13.6. The van der Waals surface area contributed by atoms with Gasteiger partial charge in [-0.15, -0.1) is 0 Å². The second kappa shape index (κ2) is 14.7. The van der Waals surface area contributed by atoms with E-state index in [2.05, 4.69) is 66.8 Å². The molecule has 2 saturated carbocycles. The van der Waals surface area contributed by atoms with E-state index in [1.807, 2.05) is 26.0 Å². The van der Waals surface area contributed by atoms with Crippen molar-refractivity contribution in [2.24, 2.45) is 38.4 Å². The van der Waals surface area contributed by atoms with E-state index in [9.17, 15) is 19.6 Å². The first-order valence-corrected chi connectivity index (χ1v) is 18.9. The number of hydrogen-bond acceptors (Lipinski definition) is 4. The van der Waals surface area contributed by atoms with E-state index in [0.29, 0.717) is 12.5 Å². The van der Waals surface area contributed by atoms with E-state index in [1.54, 1.807) is 6.92 Å². The topological polar surface area (TPSA) is 87.0 Å². The molecule has 0 unspecified atom stereocenters. The Labute approximate surface area is 288 Å². The number of fused-ring (bicyclic) bond motifs is 1. The molecular weight excluding hydrogens is 580 g/mol. The van der Waals surface area contributed by atoms with Crippen LogP contribution in [0.1, 0.15) is 172 Å². The Hall–Kier alpha value is -2.22. The highest BCUT2D eigenvalue weighted by Gasteiger charge is 2.61. The summed E-state index contributed by atoms with van der Waals surface area (Å²) in [6.45, 7) is 24.2. The standard InChI is InChI=1S/C42H68N2O3/c1-12-20-37(3,4)23-25-40(9,21-19-35(46)44-32-16-14-13-15-17-32)26-24-38(5,6)42(11)22-18-33-39(7,8)36(47)31(29-43)28-41(33,10)34(42)27-30(2)45/h27-28,32-33H,12-26H2,1-11H3,(H,44,46)/b34-27-/t33-,40-,41-,42+/m0/s1. The van der Waals surface area contributed by atoms with Gasteiger partial charge in [-0.05, 0) is 105 Å². The largest absolute Gasteiger partial charge is 0.353 e. The minimum atomic E-state index is -0.683. The molecule has 4 atom stereocenters. The normalized spacial score (nSPS) is 29.0. The highest BCUT2D eigenvalue weighted by Crippen LogP contribution is 2.67. The fourth-order valence-electron chi connectivity index (χ4n) is 9.78. The van der Waals surface area contributed by atoms with E-state index in [0.717, 1.165) is 63.4 Å². The summed E-state index contributed by atoms with van der Waals surface area (Å²) < 4.78 is 0. The maximum Gasteiger partial charge on any atom is 0.220 e. The molecule has 264 valence electrons. The number of carbonyl (C=O) groups excluding carboxylic acids is 3. The first-order chi connectivity index (χ1) is 21.7. The van der Waals surface area contributed by atoms with Crippen molar-refractivity contribution < 1.29 is 14.4 Å². The Balaban J connectivity index is 1.92. The van der Waals surface area contributed by atoms with E-state index in [4.69, 9.17) is 0 Å². The van der Waals surface area contributed by atoms with Crippen molar-refractivity contribution in [3.8, 4) is 6.07 Å². The number of nitrogens with zero attached hydrogens (tertiary/aromatic N) is 1. The Morgan fingerprint density at radius 3 is 2.13 bits per heavy atom. The lowest BCUT2D eigenvalue weighted by atomic mass is 9.42. The van der Waals surface area contributed by atoms with Crippen molar-refractivity contribution in [2.75, 3.05) is 0 Å². The first-order valence-electron chi connectivity index (χ1n) is 18.9. The van der Waals surface area contributed by atoms with Crippen LogP contribution in [-0.4, -0.2) is 23.5 Å². The third kappa shape index (κ3) is 8.69. The molecule has 0 saturated heterocycles. The Morgan fingerprint density at radius 2 is 1.55 bits per heavy atom. The summed E-state index contributed by atoms with van der Waals surface area (Å²) in [4.78, 5) is 39.5. The lowest BCUT2D eigenvalue weighted by Gasteiger charge is -2.61. The van der Waals surface area contributed by atoms with Gasteiger partial charge in [0.25, 0.3) is 0 Å². The fourth-order valence-corrected chi connectivity index (χ4v) is 9.78. The van der Waals surface area contributed by atoms with Gasteiger partial charge in [-0.2, -0.15) is 5.26 Å². The summed E-state index contributed by atoms with van der Waals surface area (Å²) in [5.74, 6) is 0.150. The average molecular weight is 649 g/mol. The number of rotatable bonds is 14. The minimum Gasteiger partial charge on any atom is -0.353 e. The summed E-state index contributed by atoms with van der Waals surface area (Å²) in [7, 11) is 0. The van der Waals surface area contributed by atoms with Crippen molar-refractivity contribution in [3.05, 3.63) is 23.3 Å². The van der Waals surface area contributed by atoms with Crippen molar-refractivity contribution in [3.63, 3.8) is 0 Å². The highest BCUT2D eigenvalue weighted by atomic mass is 16.1. The van der Waals surface area contributed by atoms with Crippen LogP contribution in [0, 0.1) is 49.7 Å². The van der Waals surface area contributed by atoms with Gasteiger partial charge >= 0.3 is 0 Å². The Morgan fingerprint density at radius 1 is 0.936 bits per heavy atom.